The Morgan fingerprint density at radius 2 is 1.67 bits per heavy atom. The van der Waals surface area contributed by atoms with E-state index in [0.717, 1.165) is 6.07 Å². The second-order valence-corrected chi connectivity index (χ2v) is 4.52. The molecule has 0 heterocycles. The Hall–Kier alpha value is 0.0900. The predicted octanol–water partition coefficient (Wildman–Crippen LogP) is 3.99. The highest BCUT2D eigenvalue weighted by Gasteiger charge is 2.43. The summed E-state index contributed by atoms with van der Waals surface area (Å²) in [5.74, 6) is 0. The maximum atomic E-state index is 12.3. The molecule has 2 nitrogen and oxygen atoms in total. The number of nitrogens with two attached hydrogens (primary N) is 1. The number of alkyl halides is 3. The Bertz CT molecular complexity index is 427. The van der Waals surface area contributed by atoms with E-state index in [9.17, 15) is 13.2 Å². The second-order valence-electron chi connectivity index (χ2n) is 3.30. The number of rotatable bonds is 2. The van der Waals surface area contributed by atoms with Crippen LogP contribution in [0.15, 0.2) is 12.1 Å². The summed E-state index contributed by atoms with van der Waals surface area (Å²) in [5.41, 5.74) is 5.13. The monoisotopic (exact) mass is 343 g/mol. The maximum Gasteiger partial charge on any atom is 0.416 e. The minimum atomic E-state index is -4.85. The van der Waals surface area contributed by atoms with Crippen LogP contribution in [0.2, 0.25) is 15.1 Å². The van der Waals surface area contributed by atoms with E-state index in [4.69, 9.17) is 45.6 Å². The SMILES string of the molecule is Cl.N[C@@H](c1cc(Cl)cc(Cl)c1Cl)[C@H](O)C(F)(F)F. The summed E-state index contributed by atoms with van der Waals surface area (Å²) in [6, 6.07) is 0.649. The highest BCUT2D eigenvalue weighted by Crippen LogP contribution is 2.36. The molecule has 0 saturated heterocycles. The first-order chi connectivity index (χ1) is 7.64. The first-order valence-electron chi connectivity index (χ1n) is 4.29. The molecule has 0 spiro atoms. The fraction of sp³-hybridized carbons (Fsp3) is 0.333. The minimum absolute atomic E-state index is 0. The van der Waals surface area contributed by atoms with Crippen LogP contribution < -0.4 is 5.73 Å². The molecule has 9 heteroatoms. The summed E-state index contributed by atoms with van der Waals surface area (Å²) in [7, 11) is 0. The van der Waals surface area contributed by atoms with E-state index in [1.165, 1.54) is 6.07 Å². The molecule has 0 radical (unpaired) electrons. The van der Waals surface area contributed by atoms with Gasteiger partial charge in [-0.05, 0) is 17.7 Å². The third-order valence-corrected chi connectivity index (χ3v) is 3.09. The highest BCUT2D eigenvalue weighted by molar-refractivity contribution is 6.43. The van der Waals surface area contributed by atoms with Crippen molar-refractivity contribution in [3.05, 3.63) is 32.8 Å². The van der Waals surface area contributed by atoms with Gasteiger partial charge in [0.05, 0.1) is 16.1 Å². The van der Waals surface area contributed by atoms with E-state index in [0.29, 0.717) is 0 Å². The molecule has 0 aromatic heterocycles. The van der Waals surface area contributed by atoms with E-state index in [1.807, 2.05) is 0 Å². The number of aliphatic hydroxyl groups is 1. The summed E-state index contributed by atoms with van der Waals surface area (Å²) in [6.07, 6.45) is -7.59. The lowest BCUT2D eigenvalue weighted by molar-refractivity contribution is -0.210. The van der Waals surface area contributed by atoms with Crippen molar-refractivity contribution in [1.82, 2.24) is 0 Å². The van der Waals surface area contributed by atoms with E-state index in [2.05, 4.69) is 0 Å². The first-order valence-corrected chi connectivity index (χ1v) is 5.42. The van der Waals surface area contributed by atoms with E-state index in [1.54, 1.807) is 0 Å². The van der Waals surface area contributed by atoms with Gasteiger partial charge in [-0.25, -0.2) is 0 Å². The molecule has 0 aliphatic heterocycles. The Morgan fingerprint density at radius 1 is 1.17 bits per heavy atom. The molecule has 1 aromatic rings. The van der Waals surface area contributed by atoms with Gasteiger partial charge in [0.15, 0.2) is 6.10 Å². The van der Waals surface area contributed by atoms with Crippen LogP contribution in [0.5, 0.6) is 0 Å². The van der Waals surface area contributed by atoms with Crippen molar-refractivity contribution in [1.29, 1.82) is 0 Å². The van der Waals surface area contributed by atoms with Crippen molar-refractivity contribution < 1.29 is 18.3 Å². The number of halogens is 7. The number of hydrogen-bond donors (Lipinski definition) is 2. The number of hydrogen-bond acceptors (Lipinski definition) is 2. The van der Waals surface area contributed by atoms with E-state index < -0.39 is 18.3 Å². The Morgan fingerprint density at radius 3 is 2.11 bits per heavy atom. The summed E-state index contributed by atoms with van der Waals surface area (Å²) < 4.78 is 36.8. The van der Waals surface area contributed by atoms with E-state index in [-0.39, 0.29) is 33.0 Å². The number of aliphatic hydroxyl groups excluding tert-OH is 1. The largest absolute Gasteiger partial charge is 0.416 e. The van der Waals surface area contributed by atoms with Crippen LogP contribution in [0.25, 0.3) is 0 Å². The summed E-state index contributed by atoms with van der Waals surface area (Å²) in [5, 5.41) is 8.91. The molecule has 1 rings (SSSR count). The molecule has 0 amide bonds. The molecule has 1 aromatic carbocycles. The lowest BCUT2D eigenvalue weighted by Crippen LogP contribution is -2.39. The van der Waals surface area contributed by atoms with Crippen LogP contribution in [-0.2, 0) is 0 Å². The average molecular weight is 345 g/mol. The van der Waals surface area contributed by atoms with Crippen molar-refractivity contribution in [3.63, 3.8) is 0 Å². The van der Waals surface area contributed by atoms with Crippen molar-refractivity contribution in [2.75, 3.05) is 0 Å². The zero-order chi connectivity index (χ0) is 13.4. The van der Waals surface area contributed by atoms with Crippen LogP contribution in [0.4, 0.5) is 13.2 Å². The van der Waals surface area contributed by atoms with Gasteiger partial charge in [-0.1, -0.05) is 34.8 Å². The molecule has 0 fully saturated rings. The molecule has 3 N–H and O–H groups in total. The molecule has 0 unspecified atom stereocenters. The fourth-order valence-electron chi connectivity index (χ4n) is 1.19. The topological polar surface area (TPSA) is 46.2 Å². The summed E-state index contributed by atoms with van der Waals surface area (Å²) in [4.78, 5) is 0. The third kappa shape index (κ3) is 4.05. The van der Waals surface area contributed by atoms with Crippen LogP contribution in [-0.4, -0.2) is 17.4 Å². The molecule has 2 atom stereocenters. The predicted molar refractivity (Wildman–Crippen MR) is 67.7 cm³/mol. The van der Waals surface area contributed by atoms with Gasteiger partial charge in [0, 0.05) is 5.02 Å². The molecule has 0 bridgehead atoms. The smallest absolute Gasteiger partial charge is 0.382 e. The fourth-order valence-corrected chi connectivity index (χ4v) is 1.94. The molecule has 104 valence electrons. The first kappa shape index (κ1) is 18.1. The lowest BCUT2D eigenvalue weighted by atomic mass is 10.0. The van der Waals surface area contributed by atoms with Crippen LogP contribution in [0, 0.1) is 0 Å². The second kappa shape index (κ2) is 6.50. The number of benzene rings is 1. The quantitative estimate of drug-likeness (QED) is 0.797. The van der Waals surface area contributed by atoms with Gasteiger partial charge in [-0.3, -0.25) is 0 Å². The zero-order valence-electron chi connectivity index (χ0n) is 8.51. The van der Waals surface area contributed by atoms with Crippen molar-refractivity contribution in [3.8, 4) is 0 Å². The van der Waals surface area contributed by atoms with Crippen LogP contribution >= 0.6 is 47.2 Å². The van der Waals surface area contributed by atoms with Gasteiger partial charge in [0.2, 0.25) is 0 Å². The zero-order valence-corrected chi connectivity index (χ0v) is 11.6. The van der Waals surface area contributed by atoms with Gasteiger partial charge in [0.1, 0.15) is 0 Å². The van der Waals surface area contributed by atoms with Crippen molar-refractivity contribution in [2.45, 2.75) is 18.3 Å². The standard InChI is InChI=1S/C9H7Cl3F3NO.ClH/c10-3-1-4(6(12)5(11)2-3)7(16)8(17)9(13,14)15;/h1-2,7-8,17H,16H2;1H/t7-,8-;/m0./s1. The van der Waals surface area contributed by atoms with Gasteiger partial charge in [-0.2, -0.15) is 13.2 Å². The molecular weight excluding hydrogens is 337 g/mol. The average Bonchev–Trinajstić information content (AvgIpc) is 2.20. The molecule has 0 aliphatic carbocycles. The maximum absolute atomic E-state index is 12.3. The Labute approximate surface area is 122 Å². The molecule has 18 heavy (non-hydrogen) atoms. The van der Waals surface area contributed by atoms with Crippen LogP contribution in [0.3, 0.4) is 0 Å². The minimum Gasteiger partial charge on any atom is -0.382 e. The lowest BCUT2D eigenvalue weighted by Gasteiger charge is -2.22. The highest BCUT2D eigenvalue weighted by atomic mass is 35.5. The van der Waals surface area contributed by atoms with Gasteiger partial charge >= 0.3 is 6.18 Å². The molecule has 0 saturated carbocycles. The third-order valence-electron chi connectivity index (χ3n) is 2.06. The molecular formula is C9H8Cl4F3NO. The van der Waals surface area contributed by atoms with Gasteiger partial charge < -0.3 is 10.8 Å². The van der Waals surface area contributed by atoms with Crippen molar-refractivity contribution >= 4 is 47.2 Å². The van der Waals surface area contributed by atoms with E-state index >= 15 is 0 Å². The summed E-state index contributed by atoms with van der Waals surface area (Å²) >= 11 is 17.0. The Kier molecular flexibility index (Phi) is 6.53. The van der Waals surface area contributed by atoms with Crippen molar-refractivity contribution in [2.24, 2.45) is 5.73 Å². The van der Waals surface area contributed by atoms with Gasteiger partial charge in [-0.15, -0.1) is 12.4 Å². The molecule has 0 aliphatic rings. The van der Waals surface area contributed by atoms with Crippen LogP contribution in [0.1, 0.15) is 11.6 Å². The Balaban J connectivity index is 0.00000289. The normalized spacial score (nSPS) is 14.9. The summed E-state index contributed by atoms with van der Waals surface area (Å²) in [6.45, 7) is 0. The van der Waals surface area contributed by atoms with Gasteiger partial charge in [0.25, 0.3) is 0 Å².